The first-order valence-corrected chi connectivity index (χ1v) is 8.53. The van der Waals surface area contributed by atoms with Gasteiger partial charge in [-0.3, -0.25) is 10.2 Å². The molecule has 3 rings (SSSR count). The number of carbonyl (C=O) groups is 1. The monoisotopic (exact) mass is 361 g/mol. The lowest BCUT2D eigenvalue weighted by atomic mass is 10.3. The van der Waals surface area contributed by atoms with Crippen LogP contribution in [0.25, 0.3) is 0 Å². The van der Waals surface area contributed by atoms with Gasteiger partial charge < -0.3 is 9.64 Å². The number of hydrogen-bond donors (Lipinski definition) is 1. The molecule has 1 fully saturated rings. The number of urea groups is 1. The highest BCUT2D eigenvalue weighted by atomic mass is 35.5. The third-order valence-corrected chi connectivity index (χ3v) is 4.28. The summed E-state index contributed by atoms with van der Waals surface area (Å²) in [6.45, 7) is 4.30. The van der Waals surface area contributed by atoms with Crippen molar-refractivity contribution in [3.8, 4) is 5.75 Å². The summed E-state index contributed by atoms with van der Waals surface area (Å²) in [4.78, 5) is 16.2. The van der Waals surface area contributed by atoms with Gasteiger partial charge >= 0.3 is 6.03 Å². The molecule has 1 aromatic heterocycles. The zero-order valence-corrected chi connectivity index (χ0v) is 14.5. The SMILES string of the molecule is O=C(Nc1cccnn1)N1CCN(CCOc2ccccc2Cl)CC1. The summed E-state index contributed by atoms with van der Waals surface area (Å²) >= 11 is 6.07. The number of amides is 2. The zero-order valence-electron chi connectivity index (χ0n) is 13.8. The van der Waals surface area contributed by atoms with Crippen molar-refractivity contribution in [1.29, 1.82) is 0 Å². The molecule has 1 aliphatic rings. The van der Waals surface area contributed by atoms with E-state index in [1.807, 2.05) is 24.3 Å². The van der Waals surface area contributed by atoms with Gasteiger partial charge in [0.1, 0.15) is 12.4 Å². The first-order chi connectivity index (χ1) is 12.2. The molecule has 1 aliphatic heterocycles. The van der Waals surface area contributed by atoms with E-state index in [9.17, 15) is 4.79 Å². The quantitative estimate of drug-likeness (QED) is 0.885. The van der Waals surface area contributed by atoms with Gasteiger partial charge in [-0.2, -0.15) is 5.10 Å². The molecule has 0 radical (unpaired) electrons. The number of halogens is 1. The number of aromatic nitrogens is 2. The van der Waals surface area contributed by atoms with Crippen LogP contribution in [0.15, 0.2) is 42.6 Å². The maximum atomic E-state index is 12.2. The lowest BCUT2D eigenvalue weighted by molar-refractivity contribution is 0.132. The second kappa shape index (κ2) is 8.64. The summed E-state index contributed by atoms with van der Waals surface area (Å²) in [5, 5.41) is 11.0. The first-order valence-electron chi connectivity index (χ1n) is 8.16. The Morgan fingerprint density at radius 1 is 1.16 bits per heavy atom. The van der Waals surface area contributed by atoms with Crippen LogP contribution in [0, 0.1) is 0 Å². The lowest BCUT2D eigenvalue weighted by Crippen LogP contribution is -2.50. The van der Waals surface area contributed by atoms with E-state index in [2.05, 4.69) is 20.4 Å². The van der Waals surface area contributed by atoms with E-state index < -0.39 is 0 Å². The van der Waals surface area contributed by atoms with E-state index in [-0.39, 0.29) is 6.03 Å². The lowest BCUT2D eigenvalue weighted by Gasteiger charge is -2.34. The van der Waals surface area contributed by atoms with Gasteiger partial charge in [0, 0.05) is 38.9 Å². The Bertz CT molecular complexity index is 692. The molecule has 2 aromatic rings. The topological polar surface area (TPSA) is 70.6 Å². The number of para-hydroxylation sites is 1. The largest absolute Gasteiger partial charge is 0.491 e. The number of hydrogen-bond acceptors (Lipinski definition) is 5. The molecular weight excluding hydrogens is 342 g/mol. The Morgan fingerprint density at radius 2 is 1.96 bits per heavy atom. The highest BCUT2D eigenvalue weighted by Gasteiger charge is 2.21. The fourth-order valence-corrected chi connectivity index (χ4v) is 2.77. The molecule has 0 bridgehead atoms. The van der Waals surface area contributed by atoms with Crippen LogP contribution in [0.4, 0.5) is 10.6 Å². The molecule has 2 amide bonds. The highest BCUT2D eigenvalue weighted by molar-refractivity contribution is 6.32. The minimum Gasteiger partial charge on any atom is -0.491 e. The fraction of sp³-hybridized carbons (Fsp3) is 0.353. The Morgan fingerprint density at radius 3 is 2.68 bits per heavy atom. The average molecular weight is 362 g/mol. The maximum Gasteiger partial charge on any atom is 0.323 e. The van der Waals surface area contributed by atoms with Crippen molar-refractivity contribution in [3.63, 3.8) is 0 Å². The third kappa shape index (κ3) is 5.04. The normalized spacial score (nSPS) is 15.0. The average Bonchev–Trinajstić information content (AvgIpc) is 2.65. The van der Waals surface area contributed by atoms with Crippen LogP contribution in [-0.4, -0.2) is 65.4 Å². The second-order valence-corrected chi connectivity index (χ2v) is 6.05. The van der Waals surface area contributed by atoms with Crippen molar-refractivity contribution in [1.82, 2.24) is 20.0 Å². The number of nitrogens with one attached hydrogen (secondary N) is 1. The predicted octanol–water partition coefficient (Wildman–Crippen LogP) is 2.36. The highest BCUT2D eigenvalue weighted by Crippen LogP contribution is 2.22. The molecule has 8 heteroatoms. The van der Waals surface area contributed by atoms with Crippen molar-refractivity contribution in [2.45, 2.75) is 0 Å². The smallest absolute Gasteiger partial charge is 0.323 e. The molecule has 2 heterocycles. The summed E-state index contributed by atoms with van der Waals surface area (Å²) in [6.07, 6.45) is 1.57. The van der Waals surface area contributed by atoms with Gasteiger partial charge in [-0.1, -0.05) is 23.7 Å². The molecule has 1 aromatic carbocycles. The van der Waals surface area contributed by atoms with Crippen LogP contribution in [0.5, 0.6) is 5.75 Å². The predicted molar refractivity (Wildman–Crippen MR) is 96.0 cm³/mol. The van der Waals surface area contributed by atoms with Gasteiger partial charge in [0.2, 0.25) is 0 Å². The van der Waals surface area contributed by atoms with Crippen molar-refractivity contribution in [2.75, 3.05) is 44.6 Å². The van der Waals surface area contributed by atoms with Gasteiger partial charge in [-0.25, -0.2) is 4.79 Å². The van der Waals surface area contributed by atoms with Gasteiger partial charge in [0.05, 0.1) is 5.02 Å². The van der Waals surface area contributed by atoms with Crippen LogP contribution in [0.2, 0.25) is 5.02 Å². The molecule has 25 heavy (non-hydrogen) atoms. The fourth-order valence-electron chi connectivity index (χ4n) is 2.58. The van der Waals surface area contributed by atoms with E-state index in [0.717, 1.165) is 19.6 Å². The summed E-state index contributed by atoms with van der Waals surface area (Å²) in [5.74, 6) is 1.16. The molecule has 7 nitrogen and oxygen atoms in total. The minimum absolute atomic E-state index is 0.146. The number of ether oxygens (including phenoxy) is 1. The van der Waals surface area contributed by atoms with Gasteiger partial charge in [0.15, 0.2) is 5.82 Å². The van der Waals surface area contributed by atoms with Crippen LogP contribution < -0.4 is 10.1 Å². The molecule has 0 spiro atoms. The van der Waals surface area contributed by atoms with Crippen molar-refractivity contribution < 1.29 is 9.53 Å². The van der Waals surface area contributed by atoms with Crippen LogP contribution in [0.1, 0.15) is 0 Å². The van der Waals surface area contributed by atoms with E-state index in [1.54, 1.807) is 23.2 Å². The van der Waals surface area contributed by atoms with Crippen molar-refractivity contribution >= 4 is 23.4 Å². The number of carbonyl (C=O) groups excluding carboxylic acids is 1. The van der Waals surface area contributed by atoms with E-state index in [0.29, 0.717) is 36.3 Å². The molecule has 0 atom stereocenters. The number of anilines is 1. The van der Waals surface area contributed by atoms with E-state index >= 15 is 0 Å². The van der Waals surface area contributed by atoms with Gasteiger partial charge in [-0.05, 0) is 24.3 Å². The molecule has 1 N–H and O–H groups in total. The Labute approximate surface area is 151 Å². The van der Waals surface area contributed by atoms with Crippen LogP contribution in [0.3, 0.4) is 0 Å². The van der Waals surface area contributed by atoms with Gasteiger partial charge in [0.25, 0.3) is 0 Å². The first kappa shape index (κ1) is 17.4. The zero-order chi connectivity index (χ0) is 17.5. The maximum absolute atomic E-state index is 12.2. The number of nitrogens with zero attached hydrogens (tertiary/aromatic N) is 4. The summed E-state index contributed by atoms with van der Waals surface area (Å²) < 4.78 is 5.71. The number of benzene rings is 1. The Kier molecular flexibility index (Phi) is 6.03. The molecule has 1 saturated heterocycles. The second-order valence-electron chi connectivity index (χ2n) is 5.65. The Balaban J connectivity index is 1.38. The summed E-state index contributed by atoms with van der Waals surface area (Å²) in [6, 6.07) is 10.7. The number of piperazine rings is 1. The Hall–Kier alpha value is -2.38. The molecular formula is C17H20ClN5O2. The summed E-state index contributed by atoms with van der Waals surface area (Å²) in [5.41, 5.74) is 0. The molecule has 0 saturated carbocycles. The van der Waals surface area contributed by atoms with Crippen molar-refractivity contribution in [2.24, 2.45) is 0 Å². The molecule has 0 unspecified atom stereocenters. The van der Waals surface area contributed by atoms with E-state index in [4.69, 9.17) is 16.3 Å². The van der Waals surface area contributed by atoms with Crippen LogP contribution >= 0.6 is 11.6 Å². The van der Waals surface area contributed by atoms with Crippen molar-refractivity contribution in [3.05, 3.63) is 47.6 Å². The third-order valence-electron chi connectivity index (χ3n) is 3.97. The van der Waals surface area contributed by atoms with E-state index in [1.165, 1.54) is 0 Å². The standard InChI is InChI=1S/C17H20ClN5O2/c18-14-4-1-2-5-15(14)25-13-12-22-8-10-23(11-9-22)17(24)20-16-6-3-7-19-21-16/h1-7H,8-13H2,(H,20,21,24). The summed E-state index contributed by atoms with van der Waals surface area (Å²) in [7, 11) is 0. The van der Waals surface area contributed by atoms with Crippen LogP contribution in [-0.2, 0) is 0 Å². The molecule has 0 aliphatic carbocycles. The number of rotatable bonds is 5. The van der Waals surface area contributed by atoms with Gasteiger partial charge in [-0.15, -0.1) is 5.10 Å². The molecule has 132 valence electrons. The minimum atomic E-state index is -0.146.